The third-order valence-electron chi connectivity index (χ3n) is 3.65. The van der Waals surface area contributed by atoms with Gasteiger partial charge in [-0.2, -0.15) is 0 Å². The van der Waals surface area contributed by atoms with Gasteiger partial charge in [-0.15, -0.1) is 0 Å². The minimum absolute atomic E-state index is 0.271. The Morgan fingerprint density at radius 1 is 0.957 bits per heavy atom. The summed E-state index contributed by atoms with van der Waals surface area (Å²) in [7, 11) is 0. The zero-order valence-electron chi connectivity index (χ0n) is 13.4. The van der Waals surface area contributed by atoms with Crippen LogP contribution < -0.4 is 3.74 Å². The topological polar surface area (TPSA) is 30.7 Å². The van der Waals surface area contributed by atoms with Gasteiger partial charge >= 0.3 is 148 Å². The Morgan fingerprint density at radius 2 is 1.65 bits per heavy atom. The second kappa shape index (κ2) is 8.29. The second-order valence-electron chi connectivity index (χ2n) is 5.45. The van der Waals surface area contributed by atoms with E-state index in [-0.39, 0.29) is 20.9 Å². The van der Waals surface area contributed by atoms with Gasteiger partial charge in [-0.25, -0.2) is 0 Å². The quantitative estimate of drug-likeness (QED) is 0.434. The number of nitrogens with zero attached hydrogens (tertiary/aromatic N) is 3. The molecular weight excluding hydrogens is 398 g/mol. The van der Waals surface area contributed by atoms with Crippen molar-refractivity contribution in [2.75, 3.05) is 0 Å². The van der Waals surface area contributed by atoms with Gasteiger partial charge in [0, 0.05) is 0 Å². The Hall–Kier alpha value is -1.63. The van der Waals surface area contributed by atoms with Crippen LogP contribution in [-0.2, 0) is 6.54 Å². The fourth-order valence-electron chi connectivity index (χ4n) is 2.40. The van der Waals surface area contributed by atoms with Gasteiger partial charge in [0.25, 0.3) is 0 Å². The third-order valence-corrected chi connectivity index (χ3v) is 6.99. The first-order valence-corrected chi connectivity index (χ1v) is 10.9. The molecule has 1 heterocycles. The summed E-state index contributed by atoms with van der Waals surface area (Å²) in [6, 6.07) is 21.0. The van der Waals surface area contributed by atoms with E-state index in [1.807, 2.05) is 6.07 Å². The van der Waals surface area contributed by atoms with Gasteiger partial charge in [0.15, 0.2) is 0 Å². The van der Waals surface area contributed by atoms with Crippen LogP contribution in [-0.4, -0.2) is 35.9 Å². The number of hydrogen-bond donors (Lipinski definition) is 0. The molecule has 0 aliphatic heterocycles. The standard InChI is InChI=1S/C19H21N3Te/c1-2-3-14-23-19-18(17-12-8-5-9-13-17)20-21-22(19)15-16-10-6-4-7-11-16/h4-13H,2-3,14-15H2,1H3. The molecule has 0 aliphatic carbocycles. The molecule has 0 saturated carbocycles. The first kappa shape index (κ1) is 16.2. The molecule has 3 nitrogen and oxygen atoms in total. The molecule has 0 atom stereocenters. The summed E-state index contributed by atoms with van der Waals surface area (Å²) in [5, 5.41) is 8.97. The van der Waals surface area contributed by atoms with E-state index in [0.717, 1.165) is 12.2 Å². The number of rotatable bonds is 7. The van der Waals surface area contributed by atoms with Crippen LogP contribution >= 0.6 is 0 Å². The summed E-state index contributed by atoms with van der Waals surface area (Å²) < 4.78 is 4.80. The van der Waals surface area contributed by atoms with Crippen molar-refractivity contribution in [1.82, 2.24) is 15.0 Å². The van der Waals surface area contributed by atoms with Crippen molar-refractivity contribution in [2.24, 2.45) is 0 Å². The molecule has 0 fully saturated rings. The van der Waals surface area contributed by atoms with Crippen LogP contribution in [0.3, 0.4) is 0 Å². The molecule has 0 N–H and O–H groups in total. The molecule has 0 amide bonds. The van der Waals surface area contributed by atoms with Gasteiger partial charge < -0.3 is 0 Å². The molecule has 0 bridgehead atoms. The van der Waals surface area contributed by atoms with Gasteiger partial charge in [-0.05, 0) is 0 Å². The van der Waals surface area contributed by atoms with Crippen LogP contribution in [0.1, 0.15) is 25.3 Å². The van der Waals surface area contributed by atoms with Crippen molar-refractivity contribution in [3.05, 3.63) is 66.2 Å². The molecule has 118 valence electrons. The summed E-state index contributed by atoms with van der Waals surface area (Å²) in [4.78, 5) is 0. The van der Waals surface area contributed by atoms with Gasteiger partial charge in [0.05, 0.1) is 0 Å². The molecule has 0 saturated heterocycles. The summed E-state index contributed by atoms with van der Waals surface area (Å²) in [5.74, 6) is 0. The van der Waals surface area contributed by atoms with Crippen molar-refractivity contribution in [3.63, 3.8) is 0 Å². The molecule has 0 radical (unpaired) electrons. The predicted octanol–water partition coefficient (Wildman–Crippen LogP) is 3.54. The molecule has 3 rings (SSSR count). The van der Waals surface area contributed by atoms with Crippen LogP contribution in [0, 0.1) is 0 Å². The number of hydrogen-bond acceptors (Lipinski definition) is 2. The Bertz CT molecular complexity index is 723. The molecule has 1 aromatic heterocycles. The first-order valence-electron chi connectivity index (χ1n) is 8.04. The summed E-state index contributed by atoms with van der Waals surface area (Å²) >= 11 is -0.271. The molecule has 2 aromatic carbocycles. The van der Waals surface area contributed by atoms with Crippen molar-refractivity contribution in [3.8, 4) is 11.3 Å². The Morgan fingerprint density at radius 3 is 2.35 bits per heavy atom. The van der Waals surface area contributed by atoms with Crippen LogP contribution in [0.2, 0.25) is 4.47 Å². The molecule has 23 heavy (non-hydrogen) atoms. The number of benzene rings is 2. The van der Waals surface area contributed by atoms with E-state index in [4.69, 9.17) is 0 Å². The molecular formula is C19H21N3Te. The third kappa shape index (κ3) is 4.22. The van der Waals surface area contributed by atoms with Crippen molar-refractivity contribution in [1.29, 1.82) is 0 Å². The van der Waals surface area contributed by atoms with Gasteiger partial charge in [0.1, 0.15) is 0 Å². The van der Waals surface area contributed by atoms with E-state index < -0.39 is 0 Å². The van der Waals surface area contributed by atoms with Crippen LogP contribution in [0.5, 0.6) is 0 Å². The van der Waals surface area contributed by atoms with Crippen molar-refractivity contribution < 1.29 is 0 Å². The number of unbranched alkanes of at least 4 members (excludes halogenated alkanes) is 1. The molecule has 0 unspecified atom stereocenters. The van der Waals surface area contributed by atoms with E-state index in [1.54, 1.807) is 0 Å². The minimum atomic E-state index is -0.271. The van der Waals surface area contributed by atoms with Gasteiger partial charge in [0.2, 0.25) is 0 Å². The summed E-state index contributed by atoms with van der Waals surface area (Å²) in [6.07, 6.45) is 2.55. The summed E-state index contributed by atoms with van der Waals surface area (Å²) in [5.41, 5.74) is 3.55. The predicted molar refractivity (Wildman–Crippen MR) is 96.1 cm³/mol. The van der Waals surface area contributed by atoms with Crippen molar-refractivity contribution in [2.45, 2.75) is 30.8 Å². The molecule has 3 aromatic rings. The maximum absolute atomic E-state index is 4.51. The van der Waals surface area contributed by atoms with E-state index >= 15 is 0 Å². The zero-order chi connectivity index (χ0) is 15.9. The normalized spacial score (nSPS) is 10.8. The fraction of sp³-hybridized carbons (Fsp3) is 0.263. The van der Waals surface area contributed by atoms with E-state index in [2.05, 4.69) is 76.5 Å². The second-order valence-corrected chi connectivity index (χ2v) is 8.55. The molecule has 0 aliphatic rings. The van der Waals surface area contributed by atoms with Crippen LogP contribution in [0.4, 0.5) is 0 Å². The SMILES string of the molecule is CCCC[Te]c1c(-c2ccccc2)nnn1Cc1ccccc1. The molecule has 4 heteroatoms. The van der Waals surface area contributed by atoms with E-state index in [0.29, 0.717) is 0 Å². The maximum atomic E-state index is 4.51. The first-order chi connectivity index (χ1) is 11.4. The monoisotopic (exact) mass is 421 g/mol. The van der Waals surface area contributed by atoms with E-state index in [9.17, 15) is 0 Å². The number of aromatic nitrogens is 3. The Kier molecular flexibility index (Phi) is 5.85. The van der Waals surface area contributed by atoms with Crippen LogP contribution in [0.25, 0.3) is 11.3 Å². The zero-order valence-corrected chi connectivity index (χ0v) is 15.7. The van der Waals surface area contributed by atoms with Gasteiger partial charge in [-0.1, -0.05) is 0 Å². The fourth-order valence-corrected chi connectivity index (χ4v) is 5.74. The summed E-state index contributed by atoms with van der Waals surface area (Å²) in [6.45, 7) is 3.07. The van der Waals surface area contributed by atoms with E-state index in [1.165, 1.54) is 32.2 Å². The average Bonchev–Trinajstić information content (AvgIpc) is 3.00. The Balaban J connectivity index is 1.91. The van der Waals surface area contributed by atoms with Gasteiger partial charge in [-0.3, -0.25) is 0 Å². The average molecular weight is 419 g/mol. The molecule has 0 spiro atoms. The Labute approximate surface area is 147 Å². The van der Waals surface area contributed by atoms with Crippen LogP contribution in [0.15, 0.2) is 60.7 Å². The van der Waals surface area contributed by atoms with Crippen molar-refractivity contribution >= 4 is 24.7 Å².